The summed E-state index contributed by atoms with van der Waals surface area (Å²) < 4.78 is 0. The smallest absolute Gasteiger partial charge is 0.246 e. The molecule has 0 spiro atoms. The van der Waals surface area contributed by atoms with Gasteiger partial charge in [0.1, 0.15) is 6.04 Å². The van der Waals surface area contributed by atoms with Gasteiger partial charge in [-0.15, -0.1) is 11.8 Å². The fraction of sp³-hybridized carbons (Fsp3) is 0.867. The summed E-state index contributed by atoms with van der Waals surface area (Å²) in [7, 11) is 0. The Morgan fingerprint density at radius 2 is 1.85 bits per heavy atom. The number of hydrogen-bond acceptors (Lipinski definition) is 3. The molecule has 5 heteroatoms. The average Bonchev–Trinajstić information content (AvgIpc) is 3.21. The van der Waals surface area contributed by atoms with E-state index in [9.17, 15) is 9.59 Å². The van der Waals surface area contributed by atoms with Crippen LogP contribution in [0.4, 0.5) is 0 Å². The average molecular weight is 298 g/mol. The Balaban J connectivity index is 2.13. The number of thioether (sulfide) groups is 1. The zero-order chi connectivity index (χ0) is 14.7. The minimum atomic E-state index is -0.232. The quantitative estimate of drug-likeness (QED) is 0.755. The molecule has 1 aliphatic heterocycles. The fourth-order valence-electron chi connectivity index (χ4n) is 2.81. The van der Waals surface area contributed by atoms with Crippen LogP contribution in [0.3, 0.4) is 0 Å². The van der Waals surface area contributed by atoms with Crippen LogP contribution >= 0.6 is 11.8 Å². The molecule has 0 bridgehead atoms. The molecule has 0 aromatic carbocycles. The molecule has 0 aromatic heterocycles. The summed E-state index contributed by atoms with van der Waals surface area (Å²) in [4.78, 5) is 29.0. The third-order valence-corrected chi connectivity index (χ3v) is 5.53. The molecule has 4 nitrogen and oxygen atoms in total. The van der Waals surface area contributed by atoms with Crippen molar-refractivity contribution in [2.24, 2.45) is 5.92 Å². The molecule has 2 amide bonds. The van der Waals surface area contributed by atoms with Crippen molar-refractivity contribution in [3.63, 3.8) is 0 Å². The predicted octanol–water partition coefficient (Wildman–Crippen LogP) is 2.33. The summed E-state index contributed by atoms with van der Waals surface area (Å²) in [6.45, 7) is 7.58. The summed E-state index contributed by atoms with van der Waals surface area (Å²) in [5, 5.41) is 0.206. The van der Waals surface area contributed by atoms with Gasteiger partial charge in [-0.3, -0.25) is 9.59 Å². The normalized spacial score (nSPS) is 25.9. The van der Waals surface area contributed by atoms with Crippen molar-refractivity contribution in [1.82, 2.24) is 9.80 Å². The Morgan fingerprint density at radius 3 is 2.35 bits per heavy atom. The van der Waals surface area contributed by atoms with Crippen LogP contribution in [0.1, 0.15) is 46.5 Å². The number of carbonyl (C=O) groups is 2. The summed E-state index contributed by atoms with van der Waals surface area (Å²) in [5.41, 5.74) is 0. The van der Waals surface area contributed by atoms with Crippen molar-refractivity contribution in [3.05, 3.63) is 0 Å². The standard InChI is InChI=1S/C15H26N2O2S/c1-4-7-13-17(14(18)11-8-9-11)12(10-20-13)15(19)16(5-2)6-3/h11-13H,4-10H2,1-3H3. The molecule has 20 heavy (non-hydrogen) atoms. The van der Waals surface area contributed by atoms with Gasteiger partial charge in [0.15, 0.2) is 0 Å². The van der Waals surface area contributed by atoms with Crippen molar-refractivity contribution in [2.45, 2.75) is 57.9 Å². The molecule has 1 aliphatic carbocycles. The van der Waals surface area contributed by atoms with Crippen molar-refractivity contribution < 1.29 is 9.59 Å². The van der Waals surface area contributed by atoms with Gasteiger partial charge in [0.25, 0.3) is 0 Å². The second kappa shape index (κ2) is 6.83. The lowest BCUT2D eigenvalue weighted by atomic mass is 10.2. The minimum absolute atomic E-state index is 0.134. The molecule has 0 N–H and O–H groups in total. The highest BCUT2D eigenvalue weighted by molar-refractivity contribution is 8.00. The topological polar surface area (TPSA) is 40.6 Å². The Hall–Kier alpha value is -0.710. The second-order valence-corrected chi connectivity index (χ2v) is 6.83. The van der Waals surface area contributed by atoms with Crippen LogP contribution < -0.4 is 0 Å². The molecule has 2 aliphatic rings. The lowest BCUT2D eigenvalue weighted by Gasteiger charge is -2.32. The summed E-state index contributed by atoms with van der Waals surface area (Å²) in [5.74, 6) is 1.31. The Labute approximate surface area is 126 Å². The Bertz CT molecular complexity index is 367. The van der Waals surface area contributed by atoms with Crippen molar-refractivity contribution in [3.8, 4) is 0 Å². The molecule has 0 aromatic rings. The van der Waals surface area contributed by atoms with E-state index in [4.69, 9.17) is 0 Å². The van der Waals surface area contributed by atoms with Gasteiger partial charge in [-0.05, 0) is 33.1 Å². The molecule has 2 rings (SSSR count). The first kappa shape index (κ1) is 15.7. The number of likely N-dealkylation sites (N-methyl/N-ethyl adjacent to an activating group) is 1. The zero-order valence-corrected chi connectivity index (χ0v) is 13.6. The van der Waals surface area contributed by atoms with Gasteiger partial charge in [0.2, 0.25) is 11.8 Å². The molecule has 114 valence electrons. The number of hydrogen-bond donors (Lipinski definition) is 0. The number of rotatable bonds is 6. The molecule has 2 atom stereocenters. The maximum absolute atomic E-state index is 12.6. The minimum Gasteiger partial charge on any atom is -0.341 e. The van der Waals surface area contributed by atoms with Gasteiger partial charge in [-0.25, -0.2) is 0 Å². The highest BCUT2D eigenvalue weighted by atomic mass is 32.2. The van der Waals surface area contributed by atoms with Gasteiger partial charge < -0.3 is 9.80 Å². The van der Waals surface area contributed by atoms with Gasteiger partial charge in [0.05, 0.1) is 5.37 Å². The lowest BCUT2D eigenvalue weighted by Crippen LogP contribution is -2.51. The van der Waals surface area contributed by atoms with E-state index >= 15 is 0 Å². The van der Waals surface area contributed by atoms with Gasteiger partial charge in [0, 0.05) is 24.8 Å². The number of amides is 2. The molecule has 1 heterocycles. The first-order chi connectivity index (χ1) is 9.63. The van der Waals surface area contributed by atoms with Crippen molar-refractivity contribution in [1.29, 1.82) is 0 Å². The van der Waals surface area contributed by atoms with E-state index in [0.29, 0.717) is 0 Å². The third kappa shape index (κ3) is 3.13. The number of carbonyl (C=O) groups excluding carboxylic acids is 2. The lowest BCUT2D eigenvalue weighted by molar-refractivity contribution is -0.145. The van der Waals surface area contributed by atoms with E-state index in [1.807, 2.05) is 23.6 Å². The van der Waals surface area contributed by atoms with Gasteiger partial charge in [-0.1, -0.05) is 13.3 Å². The predicted molar refractivity (Wildman–Crippen MR) is 82.4 cm³/mol. The fourth-order valence-corrected chi connectivity index (χ4v) is 4.33. The van der Waals surface area contributed by atoms with E-state index in [1.165, 1.54) is 0 Å². The van der Waals surface area contributed by atoms with Crippen molar-refractivity contribution >= 4 is 23.6 Å². The maximum Gasteiger partial charge on any atom is 0.246 e. The van der Waals surface area contributed by atoms with E-state index in [1.54, 1.807) is 11.8 Å². The molecule has 0 radical (unpaired) electrons. The van der Waals surface area contributed by atoms with Crippen LogP contribution in [0.5, 0.6) is 0 Å². The van der Waals surface area contributed by atoms with E-state index in [-0.39, 0.29) is 29.1 Å². The van der Waals surface area contributed by atoms with E-state index in [2.05, 4.69) is 6.92 Å². The van der Waals surface area contributed by atoms with Gasteiger partial charge >= 0.3 is 0 Å². The highest BCUT2D eigenvalue weighted by Crippen LogP contribution is 2.39. The molecular weight excluding hydrogens is 272 g/mol. The Kier molecular flexibility index (Phi) is 5.35. The molecular formula is C15H26N2O2S. The number of nitrogens with zero attached hydrogens (tertiary/aromatic N) is 2. The first-order valence-electron chi connectivity index (χ1n) is 7.86. The SMILES string of the molecule is CCCC1SCC(C(=O)N(CC)CC)N1C(=O)C1CC1. The van der Waals surface area contributed by atoms with Crippen LogP contribution in [-0.2, 0) is 9.59 Å². The van der Waals surface area contributed by atoms with E-state index < -0.39 is 0 Å². The Morgan fingerprint density at radius 1 is 1.20 bits per heavy atom. The zero-order valence-electron chi connectivity index (χ0n) is 12.8. The van der Waals surface area contributed by atoms with Crippen molar-refractivity contribution in [2.75, 3.05) is 18.8 Å². The molecule has 1 saturated heterocycles. The summed E-state index contributed by atoms with van der Waals surface area (Å²) >= 11 is 1.78. The second-order valence-electron chi connectivity index (χ2n) is 5.62. The van der Waals surface area contributed by atoms with Crippen LogP contribution in [0.25, 0.3) is 0 Å². The van der Waals surface area contributed by atoms with Crippen LogP contribution in [0.2, 0.25) is 0 Å². The summed E-state index contributed by atoms with van der Waals surface area (Å²) in [6, 6.07) is -0.232. The van der Waals surface area contributed by atoms with Gasteiger partial charge in [-0.2, -0.15) is 0 Å². The third-order valence-electron chi connectivity index (χ3n) is 4.17. The monoisotopic (exact) mass is 298 g/mol. The molecule has 1 saturated carbocycles. The van der Waals surface area contributed by atoms with E-state index in [0.717, 1.165) is 44.5 Å². The van der Waals surface area contributed by atoms with Crippen LogP contribution in [-0.4, -0.2) is 51.9 Å². The highest BCUT2D eigenvalue weighted by Gasteiger charge is 2.46. The van der Waals surface area contributed by atoms with Crippen LogP contribution in [0, 0.1) is 5.92 Å². The van der Waals surface area contributed by atoms with Crippen LogP contribution in [0.15, 0.2) is 0 Å². The summed E-state index contributed by atoms with van der Waals surface area (Å²) in [6.07, 6.45) is 4.06. The molecule has 2 fully saturated rings. The maximum atomic E-state index is 12.6. The molecule has 2 unspecified atom stereocenters. The largest absolute Gasteiger partial charge is 0.341 e. The first-order valence-corrected chi connectivity index (χ1v) is 8.91.